The summed E-state index contributed by atoms with van der Waals surface area (Å²) < 4.78 is 29.5. The van der Waals surface area contributed by atoms with Crippen LogP contribution in [-0.4, -0.2) is 13.0 Å². The molecule has 4 nitrogen and oxygen atoms in total. The maximum absolute atomic E-state index is 12.5. The number of nitrogens with zero attached hydrogens (tertiary/aromatic N) is 1. The maximum atomic E-state index is 12.5. The fourth-order valence-corrected chi connectivity index (χ4v) is 4.08. The van der Waals surface area contributed by atoms with Crippen molar-refractivity contribution >= 4 is 21.6 Å². The van der Waals surface area contributed by atoms with E-state index in [1.54, 1.807) is 18.2 Å². The first-order valence-corrected chi connectivity index (χ1v) is 9.75. The van der Waals surface area contributed by atoms with Crippen molar-refractivity contribution in [2.45, 2.75) is 24.9 Å². The lowest BCUT2D eigenvalue weighted by Gasteiger charge is -2.12. The van der Waals surface area contributed by atoms with Gasteiger partial charge in [-0.2, -0.15) is 0 Å². The number of hydrogen-bond donors (Lipinski definition) is 1. The van der Waals surface area contributed by atoms with Gasteiger partial charge >= 0.3 is 0 Å². The van der Waals surface area contributed by atoms with Crippen molar-refractivity contribution in [3.63, 3.8) is 0 Å². The van der Waals surface area contributed by atoms with Gasteiger partial charge in [0.2, 0.25) is 10.0 Å². The van der Waals surface area contributed by atoms with Crippen LogP contribution in [0.15, 0.2) is 71.8 Å². The van der Waals surface area contributed by atoms with Gasteiger partial charge in [-0.25, -0.2) is 13.1 Å². The van der Waals surface area contributed by atoms with Crippen LogP contribution >= 0.6 is 11.6 Å². The van der Waals surface area contributed by atoms with Crippen molar-refractivity contribution in [1.82, 2.24) is 9.29 Å². The van der Waals surface area contributed by atoms with E-state index in [2.05, 4.69) is 29.0 Å². The Morgan fingerprint density at radius 1 is 1.00 bits per heavy atom. The van der Waals surface area contributed by atoms with Gasteiger partial charge in [0.15, 0.2) is 0 Å². The third-order valence-electron chi connectivity index (χ3n) is 3.97. The highest BCUT2D eigenvalue weighted by molar-refractivity contribution is 7.89. The number of halogens is 1. The highest BCUT2D eigenvalue weighted by atomic mass is 35.5. The molecule has 0 aliphatic carbocycles. The Hall–Kier alpha value is -2.08. The number of sulfonamides is 1. The first kappa shape index (κ1) is 17.7. The molecule has 1 heterocycles. The van der Waals surface area contributed by atoms with Gasteiger partial charge in [-0.15, -0.1) is 0 Å². The van der Waals surface area contributed by atoms with E-state index in [1.807, 2.05) is 29.8 Å². The van der Waals surface area contributed by atoms with Crippen molar-refractivity contribution in [2.24, 2.45) is 0 Å². The molecule has 1 aromatic heterocycles. The van der Waals surface area contributed by atoms with Gasteiger partial charge in [0.05, 0.1) is 11.6 Å². The normalized spacial score (nSPS) is 11.6. The molecule has 0 saturated carbocycles. The molecule has 0 radical (unpaired) electrons. The van der Waals surface area contributed by atoms with E-state index in [-0.39, 0.29) is 16.5 Å². The molecule has 0 bridgehead atoms. The summed E-state index contributed by atoms with van der Waals surface area (Å²) in [5.74, 6) is 0. The van der Waals surface area contributed by atoms with E-state index in [9.17, 15) is 8.42 Å². The van der Waals surface area contributed by atoms with Crippen LogP contribution in [0.2, 0.25) is 5.02 Å². The van der Waals surface area contributed by atoms with Gasteiger partial charge in [-0.3, -0.25) is 0 Å². The average molecular weight is 375 g/mol. The summed E-state index contributed by atoms with van der Waals surface area (Å²) in [6, 6.07) is 18.5. The Kier molecular flexibility index (Phi) is 5.27. The van der Waals surface area contributed by atoms with Gasteiger partial charge in [0.1, 0.15) is 4.90 Å². The van der Waals surface area contributed by atoms with Crippen LogP contribution in [-0.2, 0) is 23.1 Å². The molecule has 0 aliphatic heterocycles. The number of aromatic nitrogens is 1. The van der Waals surface area contributed by atoms with Gasteiger partial charge < -0.3 is 4.57 Å². The lowest BCUT2D eigenvalue weighted by atomic mass is 10.1. The molecule has 3 aromatic rings. The third-order valence-corrected chi connectivity index (χ3v) is 5.87. The van der Waals surface area contributed by atoms with E-state index in [4.69, 9.17) is 11.6 Å². The zero-order valence-corrected chi connectivity index (χ0v) is 15.4. The molecule has 2 aromatic carbocycles. The molecular weight excluding hydrogens is 356 g/mol. The molecule has 0 fully saturated rings. The summed E-state index contributed by atoms with van der Waals surface area (Å²) in [6.07, 6.45) is 1.94. The highest BCUT2D eigenvalue weighted by Gasteiger charge is 2.17. The van der Waals surface area contributed by atoms with Crippen LogP contribution in [0.1, 0.15) is 16.8 Å². The van der Waals surface area contributed by atoms with E-state index in [1.165, 1.54) is 11.6 Å². The smallest absolute Gasteiger partial charge is 0.242 e. The molecule has 25 heavy (non-hydrogen) atoms. The van der Waals surface area contributed by atoms with Gasteiger partial charge in [0, 0.05) is 18.4 Å². The van der Waals surface area contributed by atoms with Crippen LogP contribution in [0.3, 0.4) is 0 Å². The van der Waals surface area contributed by atoms with Crippen LogP contribution in [0, 0.1) is 6.92 Å². The van der Waals surface area contributed by atoms with Crippen LogP contribution < -0.4 is 4.72 Å². The SMILES string of the molecule is Cc1ccc(Cn2cccc2CNS(=O)(=O)c2ccccc2Cl)cc1. The molecule has 0 amide bonds. The molecule has 6 heteroatoms. The second-order valence-electron chi connectivity index (χ2n) is 5.87. The summed E-state index contributed by atoms with van der Waals surface area (Å²) in [5.41, 5.74) is 3.26. The number of rotatable bonds is 6. The summed E-state index contributed by atoms with van der Waals surface area (Å²) in [4.78, 5) is 0.0910. The fourth-order valence-electron chi connectivity index (χ4n) is 2.56. The molecule has 1 N–H and O–H groups in total. The van der Waals surface area contributed by atoms with Crippen LogP contribution in [0.4, 0.5) is 0 Å². The Morgan fingerprint density at radius 3 is 2.44 bits per heavy atom. The predicted molar refractivity (Wildman–Crippen MR) is 100 cm³/mol. The van der Waals surface area contributed by atoms with Crippen molar-refractivity contribution in [3.05, 3.63) is 88.7 Å². The van der Waals surface area contributed by atoms with E-state index in [0.29, 0.717) is 6.54 Å². The van der Waals surface area contributed by atoms with E-state index >= 15 is 0 Å². The lowest BCUT2D eigenvalue weighted by Crippen LogP contribution is -2.25. The van der Waals surface area contributed by atoms with Crippen molar-refractivity contribution < 1.29 is 8.42 Å². The standard InChI is InChI=1S/C19H19ClN2O2S/c1-15-8-10-16(11-9-15)14-22-12-4-5-17(22)13-21-25(23,24)19-7-3-2-6-18(19)20/h2-12,21H,13-14H2,1H3. The largest absolute Gasteiger partial charge is 0.346 e. The lowest BCUT2D eigenvalue weighted by molar-refractivity contribution is 0.578. The average Bonchev–Trinajstić information content (AvgIpc) is 3.02. The zero-order chi connectivity index (χ0) is 17.9. The minimum atomic E-state index is -3.66. The topological polar surface area (TPSA) is 51.1 Å². The molecule has 0 atom stereocenters. The minimum absolute atomic E-state index is 0.0910. The molecule has 0 unspecified atom stereocenters. The van der Waals surface area contributed by atoms with Crippen molar-refractivity contribution in [2.75, 3.05) is 0 Å². The first-order chi connectivity index (χ1) is 12.0. The summed E-state index contributed by atoms with van der Waals surface area (Å²) >= 11 is 6.00. The van der Waals surface area contributed by atoms with Crippen LogP contribution in [0.25, 0.3) is 0 Å². The monoisotopic (exact) mass is 374 g/mol. The second-order valence-corrected chi connectivity index (χ2v) is 8.01. The maximum Gasteiger partial charge on any atom is 0.242 e. The minimum Gasteiger partial charge on any atom is -0.346 e. The van der Waals surface area contributed by atoms with Gasteiger partial charge in [-0.1, -0.05) is 53.6 Å². The number of aryl methyl sites for hydroxylation is 1. The quantitative estimate of drug-likeness (QED) is 0.709. The Bertz CT molecular complexity index is 963. The summed E-state index contributed by atoms with van der Waals surface area (Å²) in [5, 5.41) is 0.213. The number of nitrogens with one attached hydrogen (secondary N) is 1. The Morgan fingerprint density at radius 2 is 1.72 bits per heavy atom. The second kappa shape index (κ2) is 7.44. The Balaban J connectivity index is 1.73. The van der Waals surface area contributed by atoms with Crippen LogP contribution in [0.5, 0.6) is 0 Å². The Labute approximate surface area is 153 Å². The van der Waals surface area contributed by atoms with E-state index in [0.717, 1.165) is 11.3 Å². The number of hydrogen-bond acceptors (Lipinski definition) is 2. The molecule has 0 aliphatic rings. The van der Waals surface area contributed by atoms with E-state index < -0.39 is 10.0 Å². The zero-order valence-electron chi connectivity index (χ0n) is 13.8. The summed E-state index contributed by atoms with van der Waals surface area (Å²) in [6.45, 7) is 2.94. The molecular formula is C19H19ClN2O2S. The molecule has 3 rings (SSSR count). The molecule has 0 saturated heterocycles. The molecule has 0 spiro atoms. The highest BCUT2D eigenvalue weighted by Crippen LogP contribution is 2.20. The fraction of sp³-hybridized carbons (Fsp3) is 0.158. The third kappa shape index (κ3) is 4.31. The van der Waals surface area contributed by atoms with Crippen molar-refractivity contribution in [1.29, 1.82) is 0 Å². The van der Waals surface area contributed by atoms with Crippen molar-refractivity contribution in [3.8, 4) is 0 Å². The number of benzene rings is 2. The summed E-state index contributed by atoms with van der Waals surface area (Å²) in [7, 11) is -3.66. The van der Waals surface area contributed by atoms with Gasteiger partial charge in [0.25, 0.3) is 0 Å². The predicted octanol–water partition coefficient (Wildman–Crippen LogP) is 3.98. The van der Waals surface area contributed by atoms with Gasteiger partial charge in [-0.05, 0) is 36.8 Å². The first-order valence-electron chi connectivity index (χ1n) is 7.89. The molecule has 130 valence electrons.